The second-order valence-electron chi connectivity index (χ2n) is 17.2. The molecule has 3 aromatic heterocycles. The van der Waals surface area contributed by atoms with Gasteiger partial charge in [-0.2, -0.15) is 15.3 Å². The van der Waals surface area contributed by atoms with Gasteiger partial charge in [-0.15, -0.1) is 11.3 Å². The van der Waals surface area contributed by atoms with E-state index in [2.05, 4.69) is 70.1 Å². The molecule has 4 N–H and O–H groups in total. The molecule has 0 saturated carbocycles. The Morgan fingerprint density at radius 2 is 1.67 bits per heavy atom. The van der Waals surface area contributed by atoms with E-state index in [0.717, 1.165) is 73.8 Å². The molecule has 2 saturated heterocycles. The minimum absolute atomic E-state index is 0.0168. The van der Waals surface area contributed by atoms with E-state index in [1.54, 1.807) is 23.7 Å². The van der Waals surface area contributed by atoms with Gasteiger partial charge in [0.1, 0.15) is 12.1 Å². The van der Waals surface area contributed by atoms with Crippen LogP contribution in [-0.4, -0.2) is 115 Å². The maximum atomic E-state index is 14.2. The average Bonchev–Trinajstić information content (AvgIpc) is 4.02. The minimum Gasteiger partial charge on any atom is -0.391 e. The smallest absolute Gasteiger partial charge is 0.246 e. The van der Waals surface area contributed by atoms with Crippen molar-refractivity contribution in [3.8, 4) is 32.8 Å². The van der Waals surface area contributed by atoms with E-state index in [0.29, 0.717) is 13.1 Å². The second kappa shape index (κ2) is 17.5. The number of nitrogens with one attached hydrogen (secondary N) is 3. The number of H-pyrrole nitrogens is 1. The quantitative estimate of drug-likeness (QED) is 0.129. The number of fused-ring (bicyclic) bond motifs is 1. The number of para-hydroxylation sites is 1. The lowest BCUT2D eigenvalue weighted by Crippen LogP contribution is -2.59. The number of aliphatic hydroxyl groups excluding tert-OH is 1. The summed E-state index contributed by atoms with van der Waals surface area (Å²) >= 11 is 1.59. The van der Waals surface area contributed by atoms with Crippen molar-refractivity contribution >= 4 is 45.6 Å². The molecule has 0 spiro atoms. The maximum absolute atomic E-state index is 14.2. The molecule has 0 unspecified atom stereocenters. The number of hydrogen-bond acceptors (Lipinski definition) is 11. The molecule has 0 bridgehead atoms. The number of piperazine rings is 1. The van der Waals surface area contributed by atoms with Crippen LogP contribution in [0, 0.1) is 12.3 Å². The number of β-amino-alcohol motifs (C(OH)–C–C–N with tert-alkyl or cyclic N) is 1. The number of carbonyl (C=O) groups excluding carboxylic acids is 3. The van der Waals surface area contributed by atoms with Gasteiger partial charge in [-0.1, -0.05) is 75.4 Å². The molecule has 0 aliphatic carbocycles. The zero-order valence-electron chi connectivity index (χ0n) is 35.1. The van der Waals surface area contributed by atoms with E-state index in [1.807, 2.05) is 88.7 Å². The van der Waals surface area contributed by atoms with Crippen molar-refractivity contribution in [2.45, 2.75) is 65.3 Å². The fourth-order valence-corrected chi connectivity index (χ4v) is 9.10. The standard InChI is InChI=1S/C46H52N10O4S/c1-28(30-9-11-32(12-10-30)42-29(2)47-27-61-42)50-44(59)39-22-36(57)25-56(39)45(60)43(46(3,4)5)51-40(58)26-54-17-19-55(20-18-54)35-15-13-31(14-16-35)34-21-38(52-48-24-34)37-8-6-7-33-23-49-53-41(33)37/h6-16,21,23-24,27-28,36,39,43,57H,17-20,22,25-26H2,1-5H3,(H,49,53)(H,50,59)(H,51,58)/t28-,36+,39-,43+/m0/s1. The zero-order chi connectivity index (χ0) is 42.8. The van der Waals surface area contributed by atoms with E-state index in [1.165, 1.54) is 4.90 Å². The highest BCUT2D eigenvalue weighted by molar-refractivity contribution is 7.13. The number of aromatic amines is 1. The third-order valence-electron chi connectivity index (χ3n) is 11.8. The van der Waals surface area contributed by atoms with Crippen molar-refractivity contribution < 1.29 is 19.5 Å². The Hall–Kier alpha value is -6.03. The fraction of sp³-hybridized carbons (Fsp3) is 0.370. The number of aryl methyl sites for hydroxylation is 1. The largest absolute Gasteiger partial charge is 0.391 e. The number of anilines is 1. The molecular formula is C46H52N10O4S. The van der Waals surface area contributed by atoms with E-state index in [9.17, 15) is 19.5 Å². The van der Waals surface area contributed by atoms with Gasteiger partial charge < -0.3 is 25.5 Å². The molecule has 14 nitrogen and oxygen atoms in total. The number of amides is 3. The van der Waals surface area contributed by atoms with Crippen molar-refractivity contribution in [1.29, 1.82) is 0 Å². The molecule has 316 valence electrons. The zero-order valence-corrected chi connectivity index (χ0v) is 35.9. The number of aliphatic hydroxyl groups is 1. The SMILES string of the molecule is Cc1ncsc1-c1ccc([C@H](C)NC(=O)[C@@H]2C[C@@H](O)CN2C(=O)[C@@H](NC(=O)CN2CCN(c3ccc(-c4cnnc(-c5cccc6cn[nH]c56)c4)cc3)CC2)C(C)(C)C)cc1. The molecule has 3 aromatic carbocycles. The first-order valence-corrected chi connectivity index (χ1v) is 21.6. The molecule has 2 aliphatic rings. The summed E-state index contributed by atoms with van der Waals surface area (Å²) in [5.74, 6) is -0.975. The predicted octanol–water partition coefficient (Wildman–Crippen LogP) is 5.61. The summed E-state index contributed by atoms with van der Waals surface area (Å²) in [6.07, 6.45) is 2.84. The van der Waals surface area contributed by atoms with Gasteiger partial charge in [0.2, 0.25) is 17.7 Å². The van der Waals surface area contributed by atoms with Crippen LogP contribution in [0.2, 0.25) is 0 Å². The van der Waals surface area contributed by atoms with E-state index < -0.39 is 23.6 Å². The Labute approximate surface area is 359 Å². The van der Waals surface area contributed by atoms with Gasteiger partial charge in [-0.05, 0) is 54.2 Å². The molecule has 8 rings (SSSR count). The Morgan fingerprint density at radius 1 is 0.934 bits per heavy atom. The molecule has 15 heteroatoms. The lowest BCUT2D eigenvalue weighted by molar-refractivity contribution is -0.144. The summed E-state index contributed by atoms with van der Waals surface area (Å²) in [4.78, 5) is 52.8. The van der Waals surface area contributed by atoms with Crippen LogP contribution in [0.15, 0.2) is 90.7 Å². The van der Waals surface area contributed by atoms with Crippen molar-refractivity contribution in [3.05, 3.63) is 102 Å². The van der Waals surface area contributed by atoms with Crippen molar-refractivity contribution in [3.63, 3.8) is 0 Å². The van der Waals surface area contributed by atoms with Crippen LogP contribution in [0.4, 0.5) is 5.69 Å². The highest BCUT2D eigenvalue weighted by atomic mass is 32.1. The van der Waals surface area contributed by atoms with E-state index in [-0.39, 0.29) is 43.3 Å². The molecule has 2 aliphatic heterocycles. The Balaban J connectivity index is 0.848. The summed E-state index contributed by atoms with van der Waals surface area (Å²) in [7, 11) is 0. The van der Waals surface area contributed by atoms with Gasteiger partial charge in [0.15, 0.2) is 0 Å². The Morgan fingerprint density at radius 3 is 2.38 bits per heavy atom. The number of nitrogens with zero attached hydrogens (tertiary/aromatic N) is 7. The van der Waals surface area contributed by atoms with Crippen LogP contribution < -0.4 is 15.5 Å². The number of carbonyl (C=O) groups is 3. The highest BCUT2D eigenvalue weighted by Gasteiger charge is 2.45. The number of hydrogen-bond donors (Lipinski definition) is 4. The first kappa shape index (κ1) is 41.7. The van der Waals surface area contributed by atoms with Gasteiger partial charge in [0, 0.05) is 61.3 Å². The Kier molecular flexibility index (Phi) is 12.0. The van der Waals surface area contributed by atoms with Crippen LogP contribution >= 0.6 is 11.3 Å². The summed E-state index contributed by atoms with van der Waals surface area (Å²) in [5.41, 5.74) is 9.85. The third kappa shape index (κ3) is 9.19. The van der Waals surface area contributed by atoms with Crippen molar-refractivity contribution in [2.75, 3.05) is 44.2 Å². The van der Waals surface area contributed by atoms with Gasteiger partial charge in [-0.25, -0.2) is 4.98 Å². The van der Waals surface area contributed by atoms with Crippen LogP contribution in [0.3, 0.4) is 0 Å². The summed E-state index contributed by atoms with van der Waals surface area (Å²) < 4.78 is 0. The van der Waals surface area contributed by atoms with Gasteiger partial charge in [-0.3, -0.25) is 24.4 Å². The van der Waals surface area contributed by atoms with Gasteiger partial charge >= 0.3 is 0 Å². The van der Waals surface area contributed by atoms with Gasteiger partial charge in [0.05, 0.1) is 58.4 Å². The third-order valence-corrected chi connectivity index (χ3v) is 12.8. The number of likely N-dealkylation sites (tertiary alicyclic amines) is 1. The first-order valence-electron chi connectivity index (χ1n) is 20.7. The van der Waals surface area contributed by atoms with E-state index >= 15 is 0 Å². The number of thiazole rings is 1. The van der Waals surface area contributed by atoms with Crippen LogP contribution in [0.5, 0.6) is 0 Å². The average molecular weight is 841 g/mol. The second-order valence-corrected chi connectivity index (χ2v) is 18.0. The lowest BCUT2D eigenvalue weighted by atomic mass is 9.85. The molecule has 4 atom stereocenters. The normalized spacial score (nSPS) is 18.3. The molecular weight excluding hydrogens is 789 g/mol. The maximum Gasteiger partial charge on any atom is 0.246 e. The molecule has 2 fully saturated rings. The van der Waals surface area contributed by atoms with Crippen LogP contribution in [0.1, 0.15) is 51.4 Å². The monoisotopic (exact) mass is 840 g/mol. The number of benzene rings is 3. The summed E-state index contributed by atoms with van der Waals surface area (Å²) in [5, 5.41) is 33.7. The first-order chi connectivity index (χ1) is 29.3. The Bertz CT molecular complexity index is 2510. The van der Waals surface area contributed by atoms with Gasteiger partial charge in [0.25, 0.3) is 0 Å². The van der Waals surface area contributed by atoms with Crippen molar-refractivity contribution in [2.24, 2.45) is 5.41 Å². The fourth-order valence-electron chi connectivity index (χ4n) is 8.29. The molecule has 3 amide bonds. The topological polar surface area (TPSA) is 173 Å². The predicted molar refractivity (Wildman–Crippen MR) is 238 cm³/mol. The molecule has 0 radical (unpaired) electrons. The molecule has 6 aromatic rings. The van der Waals surface area contributed by atoms with Crippen LogP contribution in [0.25, 0.3) is 43.7 Å². The molecule has 5 heterocycles. The number of aromatic nitrogens is 5. The number of rotatable bonds is 11. The van der Waals surface area contributed by atoms with Crippen molar-refractivity contribution in [1.82, 2.24) is 45.8 Å². The summed E-state index contributed by atoms with van der Waals surface area (Å²) in [6, 6.07) is 22.4. The van der Waals surface area contributed by atoms with Crippen LogP contribution in [-0.2, 0) is 14.4 Å². The molecule has 61 heavy (non-hydrogen) atoms. The highest BCUT2D eigenvalue weighted by Crippen LogP contribution is 2.32. The summed E-state index contributed by atoms with van der Waals surface area (Å²) in [6.45, 7) is 12.5. The van der Waals surface area contributed by atoms with E-state index in [4.69, 9.17) is 0 Å². The lowest BCUT2D eigenvalue weighted by Gasteiger charge is -2.37. The minimum atomic E-state index is -0.897.